The number of aromatic nitrogens is 2. The summed E-state index contributed by atoms with van der Waals surface area (Å²) in [6, 6.07) is 3.44. The monoisotopic (exact) mass is 449 g/mol. The van der Waals surface area contributed by atoms with Crippen molar-refractivity contribution >= 4 is 5.97 Å². The first-order valence-electron chi connectivity index (χ1n) is 12.6. The molecule has 3 N–H and O–H groups in total. The Morgan fingerprint density at radius 3 is 2.73 bits per heavy atom. The topological polar surface area (TPSA) is 81.0 Å². The maximum Gasteiger partial charge on any atom is 0.328 e. The molecule has 1 aromatic heterocycles. The first-order valence-corrected chi connectivity index (χ1v) is 12.6. The van der Waals surface area contributed by atoms with Crippen molar-refractivity contribution < 1.29 is 9.53 Å². The van der Waals surface area contributed by atoms with E-state index in [2.05, 4.69) is 50.7 Å². The zero-order valence-corrected chi connectivity index (χ0v) is 20.8. The number of nitrogens with one attached hydrogen (secondary N) is 1. The number of imidazole rings is 1. The number of nitrogens with zero attached hydrogens (tertiary/aromatic N) is 1. The van der Waals surface area contributed by atoms with Crippen molar-refractivity contribution in [2.45, 2.75) is 91.0 Å². The lowest BCUT2D eigenvalue weighted by Gasteiger charge is -2.61. The average Bonchev–Trinajstić information content (AvgIpc) is 3.33. The molecule has 0 amide bonds. The molecule has 0 spiro atoms. The normalized spacial score (nSPS) is 33.0. The van der Waals surface area contributed by atoms with Gasteiger partial charge >= 0.3 is 5.97 Å². The largest absolute Gasteiger partial charge is 0.425 e. The van der Waals surface area contributed by atoms with Gasteiger partial charge < -0.3 is 15.5 Å². The Morgan fingerprint density at radius 1 is 1.21 bits per heavy atom. The van der Waals surface area contributed by atoms with Crippen LogP contribution < -0.4 is 10.5 Å². The predicted molar refractivity (Wildman–Crippen MR) is 130 cm³/mol. The Morgan fingerprint density at radius 2 is 2.00 bits per heavy atom. The highest BCUT2D eigenvalue weighted by molar-refractivity contribution is 5.78. The molecule has 5 nitrogen and oxygen atoms in total. The Hall–Kier alpha value is -2.14. The summed E-state index contributed by atoms with van der Waals surface area (Å²) in [6.45, 7) is 12.3. The summed E-state index contributed by atoms with van der Waals surface area (Å²) >= 11 is 0. The fraction of sp³-hybridized carbons (Fsp3) is 0.643. The lowest BCUT2D eigenvalue weighted by molar-refractivity contribution is -0.135. The fourth-order valence-corrected chi connectivity index (χ4v) is 8.39. The van der Waals surface area contributed by atoms with Gasteiger partial charge in [0.2, 0.25) is 0 Å². The van der Waals surface area contributed by atoms with Crippen molar-refractivity contribution in [1.82, 2.24) is 9.97 Å². The average molecular weight is 450 g/mol. The number of esters is 1. The SMILES string of the molecule is Cc1cc(OC(=O)C(N)Cc2c[nH]cn2)cc2c1C1(C)CCC3C(C)(C)CCC[C@]3(C)[C@H]1C2. The molecule has 2 aromatic rings. The van der Waals surface area contributed by atoms with Gasteiger partial charge in [0, 0.05) is 12.6 Å². The third kappa shape index (κ3) is 3.54. The first-order chi connectivity index (χ1) is 15.5. The molecule has 3 aliphatic carbocycles. The van der Waals surface area contributed by atoms with Crippen LogP contribution in [-0.4, -0.2) is 22.0 Å². The van der Waals surface area contributed by atoms with E-state index in [9.17, 15) is 4.79 Å². The minimum atomic E-state index is -0.730. The molecule has 178 valence electrons. The summed E-state index contributed by atoms with van der Waals surface area (Å²) in [7, 11) is 0. The van der Waals surface area contributed by atoms with Gasteiger partial charge in [-0.3, -0.25) is 0 Å². The van der Waals surface area contributed by atoms with Gasteiger partial charge in [-0.05, 0) is 95.9 Å². The van der Waals surface area contributed by atoms with Crippen LogP contribution in [0.4, 0.5) is 0 Å². The quantitative estimate of drug-likeness (QED) is 0.493. The fourth-order valence-electron chi connectivity index (χ4n) is 8.39. The summed E-state index contributed by atoms with van der Waals surface area (Å²) in [5.74, 6) is 1.65. The van der Waals surface area contributed by atoms with Crippen LogP contribution in [0.5, 0.6) is 5.75 Å². The van der Waals surface area contributed by atoms with E-state index in [4.69, 9.17) is 10.5 Å². The number of benzene rings is 1. The second-order valence-corrected chi connectivity index (χ2v) is 12.2. The molecule has 3 aliphatic rings. The van der Waals surface area contributed by atoms with E-state index in [1.54, 1.807) is 12.5 Å². The number of hydrogen-bond acceptors (Lipinski definition) is 4. The number of nitrogens with two attached hydrogens (primary N) is 1. The number of carbonyl (C=O) groups is 1. The van der Waals surface area contributed by atoms with Crippen LogP contribution in [0.25, 0.3) is 0 Å². The van der Waals surface area contributed by atoms with Crippen molar-refractivity contribution in [2.24, 2.45) is 28.4 Å². The number of H-pyrrole nitrogens is 1. The van der Waals surface area contributed by atoms with Crippen LogP contribution in [0.1, 0.15) is 82.2 Å². The van der Waals surface area contributed by atoms with Crippen molar-refractivity contribution in [3.05, 3.63) is 47.0 Å². The molecule has 5 rings (SSSR count). The van der Waals surface area contributed by atoms with Gasteiger partial charge in [0.15, 0.2) is 0 Å². The van der Waals surface area contributed by atoms with E-state index >= 15 is 0 Å². The third-order valence-electron chi connectivity index (χ3n) is 9.68. The second-order valence-electron chi connectivity index (χ2n) is 12.2. The smallest absolute Gasteiger partial charge is 0.328 e. The summed E-state index contributed by atoms with van der Waals surface area (Å²) < 4.78 is 5.78. The number of hydrogen-bond donors (Lipinski definition) is 2. The summed E-state index contributed by atoms with van der Waals surface area (Å²) in [4.78, 5) is 19.7. The van der Waals surface area contributed by atoms with Gasteiger partial charge in [-0.2, -0.15) is 0 Å². The highest BCUT2D eigenvalue weighted by Gasteiger charge is 2.61. The molecule has 0 saturated heterocycles. The summed E-state index contributed by atoms with van der Waals surface area (Å²) in [6.07, 6.45) is 11.4. The molecule has 0 radical (unpaired) electrons. The van der Waals surface area contributed by atoms with Crippen LogP contribution in [0.15, 0.2) is 24.7 Å². The first kappa shape index (κ1) is 22.6. The van der Waals surface area contributed by atoms with Crippen LogP contribution in [0.2, 0.25) is 0 Å². The minimum Gasteiger partial charge on any atom is -0.425 e. The van der Waals surface area contributed by atoms with E-state index in [0.717, 1.165) is 18.0 Å². The van der Waals surface area contributed by atoms with E-state index in [-0.39, 0.29) is 5.41 Å². The Bertz CT molecular complexity index is 1060. The highest BCUT2D eigenvalue weighted by atomic mass is 16.5. The van der Waals surface area contributed by atoms with Gasteiger partial charge in [0.05, 0.1) is 12.0 Å². The maximum atomic E-state index is 12.7. The zero-order chi connectivity index (χ0) is 23.6. The lowest BCUT2D eigenvalue weighted by atomic mass is 9.43. The molecule has 5 atom stereocenters. The number of carbonyl (C=O) groups excluding carboxylic acids is 1. The zero-order valence-electron chi connectivity index (χ0n) is 20.8. The molecular weight excluding hydrogens is 410 g/mol. The van der Waals surface area contributed by atoms with Crippen molar-refractivity contribution in [2.75, 3.05) is 0 Å². The Kier molecular flexibility index (Phi) is 5.28. The summed E-state index contributed by atoms with van der Waals surface area (Å²) in [5, 5.41) is 0. The number of aryl methyl sites for hydroxylation is 1. The van der Waals surface area contributed by atoms with Gasteiger partial charge in [-0.25, -0.2) is 9.78 Å². The van der Waals surface area contributed by atoms with E-state index in [1.165, 1.54) is 48.8 Å². The van der Waals surface area contributed by atoms with Crippen molar-refractivity contribution in [3.8, 4) is 5.75 Å². The van der Waals surface area contributed by atoms with Crippen LogP contribution >= 0.6 is 0 Å². The van der Waals surface area contributed by atoms with Crippen molar-refractivity contribution in [1.29, 1.82) is 0 Å². The van der Waals surface area contributed by atoms with E-state index in [0.29, 0.717) is 28.9 Å². The number of rotatable bonds is 4. The molecule has 1 aromatic carbocycles. The van der Waals surface area contributed by atoms with Gasteiger partial charge in [-0.1, -0.05) is 34.1 Å². The van der Waals surface area contributed by atoms with Gasteiger partial charge in [0.25, 0.3) is 0 Å². The van der Waals surface area contributed by atoms with E-state index in [1.807, 2.05) is 6.07 Å². The molecule has 3 unspecified atom stereocenters. The summed E-state index contributed by atoms with van der Waals surface area (Å²) in [5.41, 5.74) is 12.0. The van der Waals surface area contributed by atoms with Crippen LogP contribution in [0.3, 0.4) is 0 Å². The molecule has 0 aliphatic heterocycles. The van der Waals surface area contributed by atoms with Gasteiger partial charge in [0.1, 0.15) is 11.8 Å². The molecule has 2 saturated carbocycles. The van der Waals surface area contributed by atoms with E-state index < -0.39 is 12.0 Å². The molecule has 1 heterocycles. The molecule has 5 heteroatoms. The second kappa shape index (κ2) is 7.69. The highest BCUT2D eigenvalue weighted by Crippen LogP contribution is 2.67. The number of ether oxygens (including phenoxy) is 1. The number of fused-ring (bicyclic) bond motifs is 5. The Balaban J connectivity index is 1.41. The lowest BCUT2D eigenvalue weighted by Crippen LogP contribution is -2.55. The van der Waals surface area contributed by atoms with Gasteiger partial charge in [-0.15, -0.1) is 0 Å². The standard InChI is InChI=1S/C28H39N3O2/c1-17-11-20(33-25(32)21(29)14-19-15-30-16-31-19)12-18-13-23-27(4)9-6-8-26(2,3)22(27)7-10-28(23,5)24(17)18/h11-12,15-16,21-23H,6-10,13-14,29H2,1-5H3,(H,30,31)/t21?,22?,23-,27+,28?/m1/s1. The minimum absolute atomic E-state index is 0.205. The molecule has 0 bridgehead atoms. The third-order valence-corrected chi connectivity index (χ3v) is 9.68. The Labute approximate surface area is 197 Å². The predicted octanol–water partition coefficient (Wildman–Crippen LogP) is 5.25. The molecular formula is C28H39N3O2. The molecule has 2 fully saturated rings. The maximum absolute atomic E-state index is 12.7. The number of aromatic amines is 1. The van der Waals surface area contributed by atoms with Crippen LogP contribution in [0, 0.1) is 29.6 Å². The van der Waals surface area contributed by atoms with Crippen LogP contribution in [-0.2, 0) is 23.1 Å². The van der Waals surface area contributed by atoms with Crippen molar-refractivity contribution in [3.63, 3.8) is 0 Å². The molecule has 33 heavy (non-hydrogen) atoms.